The fraction of sp³-hybridized carbons (Fsp3) is 0.625. The molecule has 1 saturated carbocycles. The zero-order valence-electron chi connectivity index (χ0n) is 11.2. The Hall–Kier alpha value is 0.660. The van der Waals surface area contributed by atoms with Gasteiger partial charge < -0.3 is 0 Å². The number of alkyl halides is 2. The van der Waals surface area contributed by atoms with Gasteiger partial charge in [0.1, 0.15) is 0 Å². The smallest absolute Gasteiger partial charge is 0.0213 e. The number of halogens is 3. The van der Waals surface area contributed by atoms with Crippen molar-refractivity contribution in [3.8, 4) is 0 Å². The van der Waals surface area contributed by atoms with Crippen LogP contribution >= 0.6 is 47.8 Å². The molecule has 0 unspecified atom stereocenters. The number of hydrogen-bond acceptors (Lipinski definition) is 0. The molecule has 106 valence electrons. The third-order valence-electron chi connectivity index (χ3n) is 4.46. The predicted octanol–water partition coefficient (Wildman–Crippen LogP) is 6.45. The van der Waals surface area contributed by atoms with Gasteiger partial charge in [-0.25, -0.2) is 0 Å². The molecule has 0 bridgehead atoms. The summed E-state index contributed by atoms with van der Waals surface area (Å²) in [6.07, 6.45) is 8.38. The van der Waals surface area contributed by atoms with Crippen LogP contribution in [0.2, 0.25) is 0 Å². The fourth-order valence-electron chi connectivity index (χ4n) is 3.12. The maximum atomic E-state index is 3.76. The summed E-state index contributed by atoms with van der Waals surface area (Å²) in [5.41, 5.74) is 1.64. The van der Waals surface area contributed by atoms with Gasteiger partial charge in [0.15, 0.2) is 0 Å². The van der Waals surface area contributed by atoms with Crippen molar-refractivity contribution in [2.45, 2.75) is 43.9 Å². The first-order chi connectivity index (χ1) is 9.22. The molecule has 0 amide bonds. The average Bonchev–Trinajstić information content (AvgIpc) is 2.95. The topological polar surface area (TPSA) is 0 Å². The van der Waals surface area contributed by atoms with Crippen molar-refractivity contribution < 1.29 is 0 Å². The molecule has 0 saturated heterocycles. The Kier molecular flexibility index (Phi) is 6.42. The minimum atomic E-state index is 0.211. The lowest BCUT2D eigenvalue weighted by Crippen LogP contribution is -2.31. The summed E-state index contributed by atoms with van der Waals surface area (Å²) in [7, 11) is 0. The molecule has 0 nitrogen and oxygen atoms in total. The van der Waals surface area contributed by atoms with Crippen LogP contribution in [0, 0.1) is 5.92 Å². The van der Waals surface area contributed by atoms with E-state index in [1.165, 1.54) is 48.6 Å². The molecular weight excluding hydrogens is 432 g/mol. The average molecular weight is 453 g/mol. The van der Waals surface area contributed by atoms with Crippen LogP contribution in [0.1, 0.15) is 44.1 Å². The first-order valence-electron chi connectivity index (χ1n) is 7.09. The Morgan fingerprint density at radius 3 is 2.26 bits per heavy atom. The lowest BCUT2D eigenvalue weighted by atomic mass is 9.78. The van der Waals surface area contributed by atoms with E-state index in [4.69, 9.17) is 0 Å². The van der Waals surface area contributed by atoms with Crippen LogP contribution < -0.4 is 0 Å². The van der Waals surface area contributed by atoms with Gasteiger partial charge in [-0.15, -0.1) is 0 Å². The zero-order chi connectivity index (χ0) is 13.7. The highest BCUT2D eigenvalue weighted by atomic mass is 79.9. The van der Waals surface area contributed by atoms with Gasteiger partial charge in [-0.3, -0.25) is 0 Å². The number of rotatable bonds is 6. The van der Waals surface area contributed by atoms with Gasteiger partial charge in [0.25, 0.3) is 0 Å². The van der Waals surface area contributed by atoms with E-state index in [0.29, 0.717) is 0 Å². The molecule has 1 aliphatic rings. The van der Waals surface area contributed by atoms with Gasteiger partial charge in [-0.05, 0) is 30.4 Å². The van der Waals surface area contributed by atoms with Crippen molar-refractivity contribution >= 4 is 47.8 Å². The molecule has 0 radical (unpaired) electrons. The molecular formula is C16H21Br3. The first-order valence-corrected chi connectivity index (χ1v) is 10.1. The van der Waals surface area contributed by atoms with Crippen molar-refractivity contribution in [2.24, 2.45) is 5.92 Å². The zero-order valence-corrected chi connectivity index (χ0v) is 15.9. The summed E-state index contributed by atoms with van der Waals surface area (Å²) >= 11 is 11.3. The molecule has 0 heterocycles. The Morgan fingerprint density at radius 2 is 1.68 bits per heavy atom. The van der Waals surface area contributed by atoms with Gasteiger partial charge in [0.2, 0.25) is 0 Å². The highest BCUT2D eigenvalue weighted by Crippen LogP contribution is 2.40. The number of benzene rings is 1. The Labute approximate surface area is 142 Å². The normalized spacial score (nSPS) is 17.0. The van der Waals surface area contributed by atoms with E-state index in [-0.39, 0.29) is 5.41 Å². The third-order valence-corrected chi connectivity index (χ3v) is 7.30. The van der Waals surface area contributed by atoms with E-state index >= 15 is 0 Å². The second kappa shape index (κ2) is 7.61. The van der Waals surface area contributed by atoms with E-state index in [1.807, 2.05) is 0 Å². The molecule has 0 atom stereocenters. The largest absolute Gasteiger partial charge is 0.0918 e. The summed E-state index contributed by atoms with van der Waals surface area (Å²) in [6, 6.07) is 8.67. The molecule has 0 spiro atoms. The van der Waals surface area contributed by atoms with Crippen molar-refractivity contribution in [3.05, 3.63) is 34.3 Å². The second-order valence-corrected chi connectivity index (χ2v) is 7.69. The maximum absolute atomic E-state index is 3.76. The molecule has 1 aromatic carbocycles. The van der Waals surface area contributed by atoms with E-state index in [0.717, 1.165) is 16.6 Å². The molecule has 0 aliphatic heterocycles. The lowest BCUT2D eigenvalue weighted by Gasteiger charge is -2.32. The molecule has 2 rings (SSSR count). The third kappa shape index (κ3) is 3.85. The maximum Gasteiger partial charge on any atom is 0.0213 e. The van der Waals surface area contributed by atoms with Crippen LogP contribution in [0.3, 0.4) is 0 Å². The highest BCUT2D eigenvalue weighted by Gasteiger charge is 2.32. The van der Waals surface area contributed by atoms with Crippen LogP contribution in [-0.4, -0.2) is 10.7 Å². The quantitative estimate of drug-likeness (QED) is 0.435. The molecule has 1 fully saturated rings. The Balaban J connectivity index is 2.14. The van der Waals surface area contributed by atoms with Crippen LogP contribution in [-0.2, 0) is 5.41 Å². The Bertz CT molecular complexity index is 393. The fourth-order valence-corrected chi connectivity index (χ4v) is 5.92. The van der Waals surface area contributed by atoms with Crippen molar-refractivity contribution in [3.63, 3.8) is 0 Å². The van der Waals surface area contributed by atoms with Gasteiger partial charge >= 0.3 is 0 Å². The second-order valence-electron chi connectivity index (χ2n) is 5.72. The van der Waals surface area contributed by atoms with E-state index in [2.05, 4.69) is 72.1 Å². The van der Waals surface area contributed by atoms with E-state index in [9.17, 15) is 0 Å². The molecule has 0 aromatic heterocycles. The molecule has 3 heteroatoms. The van der Waals surface area contributed by atoms with Gasteiger partial charge in [0, 0.05) is 20.5 Å². The van der Waals surface area contributed by atoms with Gasteiger partial charge in [-0.1, -0.05) is 91.7 Å². The van der Waals surface area contributed by atoms with Crippen LogP contribution in [0.5, 0.6) is 0 Å². The van der Waals surface area contributed by atoms with E-state index < -0.39 is 0 Å². The predicted molar refractivity (Wildman–Crippen MR) is 94.6 cm³/mol. The molecule has 1 aliphatic carbocycles. The standard InChI is InChI=1S/C16H21Br3/c17-11-16(12-18,10-9-13-5-1-2-6-13)14-7-3-4-8-15(14)19/h3-4,7-8,13H,1-2,5-6,9-12H2. The molecule has 19 heavy (non-hydrogen) atoms. The van der Waals surface area contributed by atoms with Gasteiger partial charge in [0.05, 0.1) is 0 Å². The number of hydrogen-bond donors (Lipinski definition) is 0. The SMILES string of the molecule is BrCC(CBr)(CCC1CCCC1)c1ccccc1Br. The summed E-state index contributed by atoms with van der Waals surface area (Å²) in [5.74, 6) is 0.958. The Morgan fingerprint density at radius 1 is 1.05 bits per heavy atom. The molecule has 0 N–H and O–H groups in total. The monoisotopic (exact) mass is 450 g/mol. The van der Waals surface area contributed by atoms with Gasteiger partial charge in [-0.2, -0.15) is 0 Å². The minimum absolute atomic E-state index is 0.211. The van der Waals surface area contributed by atoms with Crippen molar-refractivity contribution in [2.75, 3.05) is 10.7 Å². The first kappa shape index (κ1) is 16.0. The van der Waals surface area contributed by atoms with Crippen LogP contribution in [0.15, 0.2) is 28.7 Å². The van der Waals surface area contributed by atoms with Crippen molar-refractivity contribution in [1.82, 2.24) is 0 Å². The molecule has 1 aromatic rings. The summed E-state index contributed by atoms with van der Waals surface area (Å²) in [6.45, 7) is 0. The van der Waals surface area contributed by atoms with E-state index in [1.54, 1.807) is 0 Å². The van der Waals surface area contributed by atoms with Crippen LogP contribution in [0.25, 0.3) is 0 Å². The highest BCUT2D eigenvalue weighted by molar-refractivity contribution is 9.10. The summed E-state index contributed by atoms with van der Waals surface area (Å²) < 4.78 is 1.24. The summed E-state index contributed by atoms with van der Waals surface area (Å²) in [4.78, 5) is 0. The lowest BCUT2D eigenvalue weighted by molar-refractivity contribution is 0.399. The van der Waals surface area contributed by atoms with Crippen molar-refractivity contribution in [1.29, 1.82) is 0 Å². The van der Waals surface area contributed by atoms with Crippen LogP contribution in [0.4, 0.5) is 0 Å². The summed E-state index contributed by atoms with van der Waals surface area (Å²) in [5, 5.41) is 2.03. The minimum Gasteiger partial charge on any atom is -0.0918 e.